The van der Waals surface area contributed by atoms with Crippen molar-refractivity contribution in [3.05, 3.63) is 0 Å². The molecule has 0 amide bonds. The summed E-state index contributed by atoms with van der Waals surface area (Å²) in [7, 11) is 1.72. The van der Waals surface area contributed by atoms with Crippen molar-refractivity contribution in [2.75, 3.05) is 26.9 Å². The molecule has 0 saturated heterocycles. The highest BCUT2D eigenvalue weighted by Gasteiger charge is 2.43. The number of aliphatic hydroxyl groups excluding tert-OH is 1. The molecule has 3 nitrogen and oxygen atoms in total. The summed E-state index contributed by atoms with van der Waals surface area (Å²) in [5.41, 5.74) is -0.0929. The molecule has 0 spiro atoms. The molecule has 102 valence electrons. The van der Waals surface area contributed by atoms with Gasteiger partial charge in [-0.3, -0.25) is 0 Å². The summed E-state index contributed by atoms with van der Waals surface area (Å²) in [6.07, 6.45) is 3.59. The quantitative estimate of drug-likeness (QED) is 0.702. The van der Waals surface area contributed by atoms with Crippen LogP contribution in [0.4, 0.5) is 0 Å². The SMILES string of the molecule is COCCNC1(CO)CC(C)CCC1C(C)C. The van der Waals surface area contributed by atoms with Crippen LogP contribution >= 0.6 is 0 Å². The van der Waals surface area contributed by atoms with Gasteiger partial charge in [0.25, 0.3) is 0 Å². The molecular formula is C14H29NO2. The van der Waals surface area contributed by atoms with E-state index in [0.29, 0.717) is 24.4 Å². The lowest BCUT2D eigenvalue weighted by molar-refractivity contribution is 0.0191. The average molecular weight is 243 g/mol. The largest absolute Gasteiger partial charge is 0.394 e. The molecule has 0 radical (unpaired) electrons. The van der Waals surface area contributed by atoms with Gasteiger partial charge < -0.3 is 15.2 Å². The van der Waals surface area contributed by atoms with E-state index in [-0.39, 0.29) is 12.1 Å². The summed E-state index contributed by atoms with van der Waals surface area (Å²) in [5.74, 6) is 1.89. The molecule has 3 heteroatoms. The van der Waals surface area contributed by atoms with Crippen LogP contribution in [0.25, 0.3) is 0 Å². The summed E-state index contributed by atoms with van der Waals surface area (Å²) in [5, 5.41) is 13.4. The van der Waals surface area contributed by atoms with Gasteiger partial charge in [-0.05, 0) is 30.6 Å². The van der Waals surface area contributed by atoms with E-state index in [2.05, 4.69) is 26.1 Å². The lowest BCUT2D eigenvalue weighted by Gasteiger charge is -2.48. The zero-order valence-electron chi connectivity index (χ0n) is 11.8. The molecule has 0 aliphatic heterocycles. The molecule has 17 heavy (non-hydrogen) atoms. The van der Waals surface area contributed by atoms with Gasteiger partial charge in [-0.1, -0.05) is 27.2 Å². The Bertz CT molecular complexity index is 220. The predicted molar refractivity (Wildman–Crippen MR) is 71.0 cm³/mol. The summed E-state index contributed by atoms with van der Waals surface area (Å²) < 4.78 is 5.10. The molecule has 2 N–H and O–H groups in total. The maximum Gasteiger partial charge on any atom is 0.0616 e. The fraction of sp³-hybridized carbons (Fsp3) is 1.00. The van der Waals surface area contributed by atoms with Gasteiger partial charge in [0.2, 0.25) is 0 Å². The molecule has 0 aromatic carbocycles. The second-order valence-electron chi connectivity index (χ2n) is 5.97. The van der Waals surface area contributed by atoms with Gasteiger partial charge in [-0.25, -0.2) is 0 Å². The summed E-state index contributed by atoms with van der Waals surface area (Å²) >= 11 is 0. The first-order valence-corrected chi connectivity index (χ1v) is 6.90. The number of aliphatic hydroxyl groups is 1. The number of methoxy groups -OCH3 is 1. The topological polar surface area (TPSA) is 41.5 Å². The van der Waals surface area contributed by atoms with Gasteiger partial charge in [-0.15, -0.1) is 0 Å². The fourth-order valence-corrected chi connectivity index (χ4v) is 3.43. The Morgan fingerprint density at radius 2 is 2.12 bits per heavy atom. The highest BCUT2D eigenvalue weighted by Crippen LogP contribution is 2.40. The Balaban J connectivity index is 2.72. The highest BCUT2D eigenvalue weighted by molar-refractivity contribution is 4.99. The van der Waals surface area contributed by atoms with Crippen LogP contribution in [0.15, 0.2) is 0 Å². The van der Waals surface area contributed by atoms with E-state index in [0.717, 1.165) is 13.0 Å². The van der Waals surface area contributed by atoms with Gasteiger partial charge in [0.1, 0.15) is 0 Å². The Morgan fingerprint density at radius 3 is 2.65 bits per heavy atom. The van der Waals surface area contributed by atoms with Gasteiger partial charge in [0.05, 0.1) is 13.2 Å². The molecule has 1 aliphatic carbocycles. The zero-order valence-corrected chi connectivity index (χ0v) is 11.8. The van der Waals surface area contributed by atoms with Crippen LogP contribution in [-0.4, -0.2) is 37.5 Å². The number of ether oxygens (including phenoxy) is 1. The van der Waals surface area contributed by atoms with Crippen molar-refractivity contribution in [1.29, 1.82) is 0 Å². The monoisotopic (exact) mass is 243 g/mol. The third kappa shape index (κ3) is 3.67. The molecule has 1 saturated carbocycles. The smallest absolute Gasteiger partial charge is 0.0616 e. The Kier molecular flexibility index (Phi) is 5.90. The molecule has 1 fully saturated rings. The van der Waals surface area contributed by atoms with Crippen molar-refractivity contribution in [2.45, 2.75) is 45.6 Å². The van der Waals surface area contributed by atoms with Crippen LogP contribution in [0.5, 0.6) is 0 Å². The van der Waals surface area contributed by atoms with Crippen LogP contribution in [0.1, 0.15) is 40.0 Å². The van der Waals surface area contributed by atoms with Gasteiger partial charge >= 0.3 is 0 Å². The highest BCUT2D eigenvalue weighted by atomic mass is 16.5. The van der Waals surface area contributed by atoms with Gasteiger partial charge in [0.15, 0.2) is 0 Å². The van der Waals surface area contributed by atoms with Crippen molar-refractivity contribution >= 4 is 0 Å². The molecule has 3 atom stereocenters. The van der Waals surface area contributed by atoms with E-state index in [1.54, 1.807) is 7.11 Å². The Hall–Kier alpha value is -0.120. The third-order valence-electron chi connectivity index (χ3n) is 4.26. The molecule has 0 heterocycles. The van der Waals surface area contributed by atoms with Gasteiger partial charge in [0, 0.05) is 19.2 Å². The van der Waals surface area contributed by atoms with Gasteiger partial charge in [-0.2, -0.15) is 0 Å². The number of hydrogen-bond acceptors (Lipinski definition) is 3. The molecule has 0 aromatic rings. The number of nitrogens with one attached hydrogen (secondary N) is 1. The standard InChI is InChI=1S/C14H29NO2/c1-11(2)13-6-5-12(3)9-14(13,10-16)15-7-8-17-4/h11-13,15-16H,5-10H2,1-4H3. The third-order valence-corrected chi connectivity index (χ3v) is 4.26. The van der Waals surface area contributed by atoms with Crippen LogP contribution in [0.2, 0.25) is 0 Å². The van der Waals surface area contributed by atoms with E-state index in [4.69, 9.17) is 4.74 Å². The van der Waals surface area contributed by atoms with E-state index in [9.17, 15) is 5.11 Å². The second-order valence-corrected chi connectivity index (χ2v) is 5.97. The van der Waals surface area contributed by atoms with E-state index < -0.39 is 0 Å². The summed E-state index contributed by atoms with van der Waals surface area (Å²) in [6.45, 7) is 8.60. The first-order valence-electron chi connectivity index (χ1n) is 6.90. The van der Waals surface area contributed by atoms with Crippen LogP contribution < -0.4 is 5.32 Å². The first kappa shape index (κ1) is 14.9. The van der Waals surface area contributed by atoms with E-state index >= 15 is 0 Å². The summed E-state index contributed by atoms with van der Waals surface area (Å²) in [6, 6.07) is 0. The van der Waals surface area contributed by atoms with Crippen molar-refractivity contribution in [2.24, 2.45) is 17.8 Å². The van der Waals surface area contributed by atoms with E-state index in [1.807, 2.05) is 0 Å². The molecule has 1 rings (SSSR count). The van der Waals surface area contributed by atoms with Crippen molar-refractivity contribution in [3.8, 4) is 0 Å². The minimum absolute atomic E-state index is 0.0929. The number of rotatable bonds is 6. The minimum Gasteiger partial charge on any atom is -0.394 e. The number of hydrogen-bond donors (Lipinski definition) is 2. The van der Waals surface area contributed by atoms with Crippen molar-refractivity contribution in [3.63, 3.8) is 0 Å². The zero-order chi connectivity index (χ0) is 12.9. The van der Waals surface area contributed by atoms with Crippen LogP contribution in [0, 0.1) is 17.8 Å². The van der Waals surface area contributed by atoms with Crippen molar-refractivity contribution in [1.82, 2.24) is 5.32 Å². The normalized spacial score (nSPS) is 34.2. The lowest BCUT2D eigenvalue weighted by atomic mass is 9.65. The fourth-order valence-electron chi connectivity index (χ4n) is 3.43. The average Bonchev–Trinajstić information content (AvgIpc) is 2.29. The Labute approximate surface area is 106 Å². The first-order chi connectivity index (χ1) is 8.05. The second kappa shape index (κ2) is 6.72. The van der Waals surface area contributed by atoms with Crippen LogP contribution in [0.3, 0.4) is 0 Å². The predicted octanol–water partition coefficient (Wildman–Crippen LogP) is 2.05. The maximum absolute atomic E-state index is 9.87. The molecule has 3 unspecified atom stereocenters. The molecule has 0 aromatic heterocycles. The lowest BCUT2D eigenvalue weighted by Crippen LogP contribution is -2.59. The van der Waals surface area contributed by atoms with Crippen LogP contribution in [-0.2, 0) is 4.74 Å². The molecule has 0 bridgehead atoms. The minimum atomic E-state index is -0.0929. The molecule has 1 aliphatic rings. The van der Waals surface area contributed by atoms with Crippen molar-refractivity contribution < 1.29 is 9.84 Å². The Morgan fingerprint density at radius 1 is 1.41 bits per heavy atom. The molecular weight excluding hydrogens is 214 g/mol. The maximum atomic E-state index is 9.87. The van der Waals surface area contributed by atoms with E-state index in [1.165, 1.54) is 12.8 Å². The summed E-state index contributed by atoms with van der Waals surface area (Å²) in [4.78, 5) is 0.